The predicted octanol–water partition coefficient (Wildman–Crippen LogP) is 3.73. The molecule has 1 saturated carbocycles. The maximum absolute atomic E-state index is 10.0. The van der Waals surface area contributed by atoms with Crippen molar-refractivity contribution in [3.63, 3.8) is 0 Å². The van der Waals surface area contributed by atoms with E-state index in [1.54, 1.807) is 0 Å². The summed E-state index contributed by atoms with van der Waals surface area (Å²) in [5, 5.41) is 13.5. The van der Waals surface area contributed by atoms with Gasteiger partial charge in [0.2, 0.25) is 0 Å². The maximum Gasteiger partial charge on any atom is 0.0738 e. The Bertz CT molecular complexity index is 400. The lowest BCUT2D eigenvalue weighted by Crippen LogP contribution is -2.35. The fourth-order valence-corrected chi connectivity index (χ4v) is 3.19. The number of allylic oxidation sites excluding steroid dienone is 2. The number of likely N-dealkylation sites (tertiary alicyclic amines) is 1. The standard InChI is InChI=1S/C19H32N2O/c1-4-5-6-7-8-9-10-15(2)21-14-18(22)13-19(21)16(3)20-17-11-12-17/h4,17-20,22H,1-3,5-14H2. The van der Waals surface area contributed by atoms with E-state index in [-0.39, 0.29) is 12.1 Å². The van der Waals surface area contributed by atoms with Crippen molar-refractivity contribution in [1.29, 1.82) is 0 Å². The highest BCUT2D eigenvalue weighted by atomic mass is 16.3. The molecule has 2 unspecified atom stereocenters. The van der Waals surface area contributed by atoms with Crippen LogP contribution in [-0.4, -0.2) is 34.7 Å². The van der Waals surface area contributed by atoms with Crippen LogP contribution in [0, 0.1) is 0 Å². The minimum Gasteiger partial charge on any atom is -0.391 e. The smallest absolute Gasteiger partial charge is 0.0738 e. The summed E-state index contributed by atoms with van der Waals surface area (Å²) in [6, 6.07) is 0.828. The van der Waals surface area contributed by atoms with Gasteiger partial charge in [-0.05, 0) is 38.5 Å². The van der Waals surface area contributed by atoms with Crippen LogP contribution in [0.1, 0.15) is 57.8 Å². The molecule has 0 aromatic heterocycles. The summed E-state index contributed by atoms with van der Waals surface area (Å²) in [6.07, 6.45) is 12.1. The number of unbranched alkanes of at least 4 members (excludes halogenated alkanes) is 4. The van der Waals surface area contributed by atoms with Gasteiger partial charge in [0.15, 0.2) is 0 Å². The average Bonchev–Trinajstić information content (AvgIpc) is 3.21. The van der Waals surface area contributed by atoms with Crippen molar-refractivity contribution in [2.45, 2.75) is 76.0 Å². The van der Waals surface area contributed by atoms with E-state index in [4.69, 9.17) is 0 Å². The lowest BCUT2D eigenvalue weighted by Gasteiger charge is -2.30. The Morgan fingerprint density at radius 1 is 1.18 bits per heavy atom. The second kappa shape index (κ2) is 8.42. The Morgan fingerprint density at radius 3 is 2.59 bits per heavy atom. The van der Waals surface area contributed by atoms with Gasteiger partial charge in [-0.2, -0.15) is 0 Å². The number of β-amino-alcohol motifs (C(OH)–C–C–N with tert-alkyl or cyclic N) is 1. The lowest BCUT2D eigenvalue weighted by molar-refractivity contribution is 0.183. The van der Waals surface area contributed by atoms with Gasteiger partial charge in [0.05, 0.1) is 12.1 Å². The van der Waals surface area contributed by atoms with Gasteiger partial charge in [0.25, 0.3) is 0 Å². The molecule has 3 heteroatoms. The van der Waals surface area contributed by atoms with Crippen LogP contribution in [0.3, 0.4) is 0 Å². The van der Waals surface area contributed by atoms with E-state index >= 15 is 0 Å². The Labute approximate surface area is 135 Å². The van der Waals surface area contributed by atoms with Crippen molar-refractivity contribution in [2.75, 3.05) is 6.54 Å². The molecule has 2 fully saturated rings. The molecule has 2 N–H and O–H groups in total. The third kappa shape index (κ3) is 5.20. The van der Waals surface area contributed by atoms with Crippen molar-refractivity contribution in [1.82, 2.24) is 10.2 Å². The molecule has 1 aliphatic heterocycles. The first kappa shape index (κ1) is 17.1. The van der Waals surface area contributed by atoms with Crippen molar-refractivity contribution in [2.24, 2.45) is 0 Å². The van der Waals surface area contributed by atoms with Crippen molar-refractivity contribution >= 4 is 0 Å². The van der Waals surface area contributed by atoms with E-state index in [1.807, 2.05) is 6.08 Å². The molecule has 2 aliphatic rings. The molecule has 124 valence electrons. The Kier molecular flexibility index (Phi) is 6.56. The topological polar surface area (TPSA) is 35.5 Å². The third-order valence-corrected chi connectivity index (χ3v) is 4.68. The summed E-state index contributed by atoms with van der Waals surface area (Å²) in [5.41, 5.74) is 2.22. The van der Waals surface area contributed by atoms with Crippen LogP contribution in [0.2, 0.25) is 0 Å². The SMILES string of the molecule is C=CCCCCCCC(=C)N1CC(O)CC1C(=C)NC1CC1. The number of nitrogens with one attached hydrogen (secondary N) is 1. The van der Waals surface area contributed by atoms with Gasteiger partial charge < -0.3 is 15.3 Å². The van der Waals surface area contributed by atoms with Crippen molar-refractivity contribution in [3.05, 3.63) is 37.2 Å². The minimum atomic E-state index is -0.257. The van der Waals surface area contributed by atoms with E-state index in [9.17, 15) is 5.11 Å². The number of hydrogen-bond donors (Lipinski definition) is 2. The summed E-state index contributed by atoms with van der Waals surface area (Å²) in [4.78, 5) is 2.27. The second-order valence-corrected chi connectivity index (χ2v) is 6.81. The molecule has 1 saturated heterocycles. The molecule has 0 amide bonds. The molecule has 0 bridgehead atoms. The van der Waals surface area contributed by atoms with Crippen LogP contribution >= 0.6 is 0 Å². The molecular formula is C19H32N2O. The molecule has 0 spiro atoms. The molecule has 2 atom stereocenters. The van der Waals surface area contributed by atoms with Crippen LogP contribution in [0.5, 0.6) is 0 Å². The quantitative estimate of drug-likeness (QED) is 0.451. The lowest BCUT2D eigenvalue weighted by atomic mass is 10.1. The third-order valence-electron chi connectivity index (χ3n) is 4.68. The van der Waals surface area contributed by atoms with Gasteiger partial charge in [0, 0.05) is 30.4 Å². The van der Waals surface area contributed by atoms with Gasteiger partial charge in [0.1, 0.15) is 0 Å². The zero-order chi connectivity index (χ0) is 15.9. The highest BCUT2D eigenvalue weighted by Gasteiger charge is 2.35. The molecule has 1 heterocycles. The number of aliphatic hydroxyl groups is 1. The van der Waals surface area contributed by atoms with E-state index < -0.39 is 0 Å². The van der Waals surface area contributed by atoms with Gasteiger partial charge >= 0.3 is 0 Å². The van der Waals surface area contributed by atoms with Crippen LogP contribution in [0.15, 0.2) is 37.2 Å². The Morgan fingerprint density at radius 2 is 1.91 bits per heavy atom. The molecule has 0 aromatic rings. The molecule has 1 aliphatic carbocycles. The van der Waals surface area contributed by atoms with Gasteiger partial charge in [-0.3, -0.25) is 0 Å². The van der Waals surface area contributed by atoms with Crippen molar-refractivity contribution < 1.29 is 5.11 Å². The molecular weight excluding hydrogens is 272 g/mol. The zero-order valence-corrected chi connectivity index (χ0v) is 13.9. The van der Waals surface area contributed by atoms with Crippen LogP contribution in [0.4, 0.5) is 0 Å². The van der Waals surface area contributed by atoms with Crippen LogP contribution < -0.4 is 5.32 Å². The van der Waals surface area contributed by atoms with Crippen LogP contribution in [-0.2, 0) is 0 Å². The first-order chi connectivity index (χ1) is 10.6. The molecule has 0 radical (unpaired) electrons. The minimum absolute atomic E-state index is 0.212. The maximum atomic E-state index is 10.0. The predicted molar refractivity (Wildman–Crippen MR) is 93.5 cm³/mol. The van der Waals surface area contributed by atoms with Gasteiger partial charge in [-0.25, -0.2) is 0 Å². The molecule has 22 heavy (non-hydrogen) atoms. The molecule has 0 aromatic carbocycles. The fraction of sp³-hybridized carbons (Fsp3) is 0.684. The normalized spacial score (nSPS) is 24.3. The Balaban J connectivity index is 1.73. The highest BCUT2D eigenvalue weighted by molar-refractivity contribution is 5.16. The monoisotopic (exact) mass is 304 g/mol. The first-order valence-electron chi connectivity index (χ1n) is 8.80. The second-order valence-electron chi connectivity index (χ2n) is 6.81. The number of rotatable bonds is 11. The number of nitrogens with zero attached hydrogens (tertiary/aromatic N) is 1. The summed E-state index contributed by atoms with van der Waals surface area (Å²) >= 11 is 0. The zero-order valence-electron chi connectivity index (χ0n) is 13.9. The van der Waals surface area contributed by atoms with E-state index in [0.717, 1.165) is 30.7 Å². The van der Waals surface area contributed by atoms with Crippen LogP contribution in [0.25, 0.3) is 0 Å². The van der Waals surface area contributed by atoms with Gasteiger partial charge in [-0.1, -0.05) is 32.1 Å². The summed E-state index contributed by atoms with van der Waals surface area (Å²) < 4.78 is 0. The van der Waals surface area contributed by atoms with E-state index in [0.29, 0.717) is 12.6 Å². The van der Waals surface area contributed by atoms with E-state index in [1.165, 1.54) is 38.5 Å². The Hall–Kier alpha value is -1.22. The fourth-order valence-electron chi connectivity index (χ4n) is 3.19. The van der Waals surface area contributed by atoms with Crippen molar-refractivity contribution in [3.8, 4) is 0 Å². The largest absolute Gasteiger partial charge is 0.391 e. The van der Waals surface area contributed by atoms with E-state index in [2.05, 4.69) is 30.0 Å². The summed E-state index contributed by atoms with van der Waals surface area (Å²) in [7, 11) is 0. The number of aliphatic hydroxyl groups excluding tert-OH is 1. The van der Waals surface area contributed by atoms with Gasteiger partial charge in [-0.15, -0.1) is 6.58 Å². The highest BCUT2D eigenvalue weighted by Crippen LogP contribution is 2.30. The summed E-state index contributed by atoms with van der Waals surface area (Å²) in [5.74, 6) is 0. The molecule has 3 nitrogen and oxygen atoms in total. The number of hydrogen-bond acceptors (Lipinski definition) is 3. The first-order valence-corrected chi connectivity index (χ1v) is 8.80. The summed E-state index contributed by atoms with van der Waals surface area (Å²) in [6.45, 7) is 12.9. The average molecular weight is 304 g/mol. The molecule has 2 rings (SSSR count).